The molecule has 0 radical (unpaired) electrons. The Labute approximate surface area is 181 Å². The van der Waals surface area contributed by atoms with Gasteiger partial charge < -0.3 is 34.3 Å². The number of hydrogen-bond acceptors (Lipinski definition) is 7. The minimum Gasteiger partial charge on any atom is -0.494 e. The summed E-state index contributed by atoms with van der Waals surface area (Å²) in [6.07, 6.45) is 1.10. The molecule has 0 unspecified atom stereocenters. The van der Waals surface area contributed by atoms with Crippen molar-refractivity contribution in [2.24, 2.45) is 0 Å². The lowest BCUT2D eigenvalue weighted by Crippen LogP contribution is -2.15. The van der Waals surface area contributed by atoms with E-state index >= 15 is 0 Å². The molecule has 0 saturated carbocycles. The summed E-state index contributed by atoms with van der Waals surface area (Å²) in [6, 6.07) is 6.26. The minimum absolute atomic E-state index is 0.142. The van der Waals surface area contributed by atoms with Gasteiger partial charge in [0.05, 0.1) is 46.9 Å². The van der Waals surface area contributed by atoms with Crippen molar-refractivity contribution in [1.82, 2.24) is 0 Å². The molecule has 2 amide bonds. The number of anilines is 2. The van der Waals surface area contributed by atoms with Crippen molar-refractivity contribution in [1.29, 1.82) is 0 Å². The molecule has 2 rings (SSSR count). The van der Waals surface area contributed by atoms with Gasteiger partial charge in [-0.25, -0.2) is 0 Å². The Morgan fingerprint density at radius 3 is 1.61 bits per heavy atom. The summed E-state index contributed by atoms with van der Waals surface area (Å²) in [5.74, 6) is 1.25. The van der Waals surface area contributed by atoms with E-state index in [4.69, 9.17) is 23.7 Å². The first-order valence-corrected chi connectivity index (χ1v) is 9.59. The number of rotatable bonds is 10. The largest absolute Gasteiger partial charge is 0.494 e. The molecular weight excluding hydrogens is 404 g/mol. The highest BCUT2D eigenvalue weighted by Gasteiger charge is 2.20. The van der Waals surface area contributed by atoms with Crippen molar-refractivity contribution in [3.05, 3.63) is 29.8 Å². The molecule has 9 heteroatoms. The molecule has 0 fully saturated rings. The van der Waals surface area contributed by atoms with Crippen LogP contribution in [0.2, 0.25) is 0 Å². The van der Waals surface area contributed by atoms with Crippen LogP contribution in [-0.2, 0) is 4.79 Å². The normalized spacial score (nSPS) is 10.1. The Morgan fingerprint density at radius 2 is 1.19 bits per heavy atom. The lowest BCUT2D eigenvalue weighted by molar-refractivity contribution is -0.116. The van der Waals surface area contributed by atoms with Crippen molar-refractivity contribution < 1.29 is 33.3 Å². The first-order valence-electron chi connectivity index (χ1n) is 9.59. The van der Waals surface area contributed by atoms with Crippen molar-refractivity contribution in [3.63, 3.8) is 0 Å². The van der Waals surface area contributed by atoms with Crippen LogP contribution in [0.5, 0.6) is 28.7 Å². The fourth-order valence-electron chi connectivity index (χ4n) is 2.94. The van der Waals surface area contributed by atoms with E-state index < -0.39 is 5.91 Å². The average Bonchev–Trinajstić information content (AvgIpc) is 2.78. The van der Waals surface area contributed by atoms with Crippen LogP contribution in [0.3, 0.4) is 0 Å². The predicted molar refractivity (Wildman–Crippen MR) is 117 cm³/mol. The third-order valence-electron chi connectivity index (χ3n) is 4.45. The zero-order valence-corrected chi connectivity index (χ0v) is 18.6. The summed E-state index contributed by atoms with van der Waals surface area (Å²) >= 11 is 0. The Hall–Kier alpha value is -3.62. The van der Waals surface area contributed by atoms with Crippen LogP contribution in [0.25, 0.3) is 0 Å². The first kappa shape index (κ1) is 23.7. The van der Waals surface area contributed by atoms with Crippen molar-refractivity contribution in [2.45, 2.75) is 19.8 Å². The van der Waals surface area contributed by atoms with Gasteiger partial charge >= 0.3 is 0 Å². The van der Waals surface area contributed by atoms with Gasteiger partial charge in [-0.2, -0.15) is 0 Å². The molecule has 0 spiro atoms. The quantitative estimate of drug-likeness (QED) is 0.590. The highest BCUT2D eigenvalue weighted by molar-refractivity contribution is 6.06. The predicted octanol–water partition coefficient (Wildman–Crippen LogP) is 3.72. The molecule has 0 aliphatic heterocycles. The van der Waals surface area contributed by atoms with Crippen LogP contribution in [0, 0.1) is 0 Å². The number of carbonyl (C=O) groups is 2. The van der Waals surface area contributed by atoms with E-state index in [0.717, 1.165) is 0 Å². The fraction of sp³-hybridized carbons (Fsp3) is 0.364. The zero-order valence-electron chi connectivity index (χ0n) is 18.6. The third kappa shape index (κ3) is 5.50. The fourth-order valence-corrected chi connectivity index (χ4v) is 2.94. The standard InChI is InChI=1S/C22H28N2O7/c1-7-8-20(25)23-14-11-17(28-3)15(12-16(14)27-2)24-22(26)13-9-18(29-4)21(31-6)19(10-13)30-5/h9-12H,7-8H2,1-6H3,(H,23,25)(H,24,26). The Kier molecular flexibility index (Phi) is 8.36. The van der Waals surface area contributed by atoms with Crippen molar-refractivity contribution in [3.8, 4) is 28.7 Å². The molecule has 2 aromatic carbocycles. The van der Waals surface area contributed by atoms with Gasteiger partial charge in [0, 0.05) is 24.1 Å². The van der Waals surface area contributed by atoms with Gasteiger partial charge in [0.2, 0.25) is 11.7 Å². The van der Waals surface area contributed by atoms with Gasteiger partial charge in [0.1, 0.15) is 11.5 Å². The molecule has 31 heavy (non-hydrogen) atoms. The molecule has 0 saturated heterocycles. The number of hydrogen-bond donors (Lipinski definition) is 2. The van der Waals surface area contributed by atoms with Crippen LogP contribution in [-0.4, -0.2) is 47.4 Å². The number of ether oxygens (including phenoxy) is 5. The summed E-state index contributed by atoms with van der Waals surface area (Å²) in [4.78, 5) is 24.9. The zero-order chi connectivity index (χ0) is 23.0. The molecule has 0 atom stereocenters. The average molecular weight is 432 g/mol. The Balaban J connectivity index is 2.39. The van der Waals surface area contributed by atoms with E-state index in [1.165, 1.54) is 35.5 Å². The molecule has 0 heterocycles. The third-order valence-corrected chi connectivity index (χ3v) is 4.45. The van der Waals surface area contributed by atoms with E-state index in [0.29, 0.717) is 53.0 Å². The maximum atomic E-state index is 12.9. The number of carbonyl (C=O) groups excluding carboxylic acids is 2. The highest BCUT2D eigenvalue weighted by Crippen LogP contribution is 2.40. The maximum Gasteiger partial charge on any atom is 0.256 e. The van der Waals surface area contributed by atoms with E-state index in [2.05, 4.69) is 10.6 Å². The molecule has 0 aromatic heterocycles. The van der Waals surface area contributed by atoms with Crippen LogP contribution < -0.4 is 34.3 Å². The van der Waals surface area contributed by atoms with Gasteiger partial charge in [0.25, 0.3) is 5.91 Å². The summed E-state index contributed by atoms with van der Waals surface area (Å²) < 4.78 is 26.7. The summed E-state index contributed by atoms with van der Waals surface area (Å²) in [6.45, 7) is 1.92. The first-order chi connectivity index (χ1) is 14.9. The molecule has 168 valence electrons. The molecule has 0 aliphatic rings. The Bertz CT molecular complexity index is 919. The molecule has 0 bridgehead atoms. The van der Waals surface area contributed by atoms with Crippen LogP contribution in [0.15, 0.2) is 24.3 Å². The highest BCUT2D eigenvalue weighted by atomic mass is 16.5. The van der Waals surface area contributed by atoms with Crippen LogP contribution in [0.1, 0.15) is 30.1 Å². The second-order valence-electron chi connectivity index (χ2n) is 6.42. The Morgan fingerprint density at radius 1 is 0.710 bits per heavy atom. The smallest absolute Gasteiger partial charge is 0.256 e. The van der Waals surface area contributed by atoms with Gasteiger partial charge in [-0.15, -0.1) is 0 Å². The van der Waals surface area contributed by atoms with E-state index in [9.17, 15) is 9.59 Å². The van der Waals surface area contributed by atoms with Gasteiger partial charge in [0.15, 0.2) is 11.5 Å². The monoisotopic (exact) mass is 432 g/mol. The second-order valence-corrected chi connectivity index (χ2v) is 6.42. The molecule has 9 nitrogen and oxygen atoms in total. The van der Waals surface area contributed by atoms with Crippen LogP contribution in [0.4, 0.5) is 11.4 Å². The summed E-state index contributed by atoms with van der Waals surface area (Å²) in [5.41, 5.74) is 1.10. The molecule has 2 N–H and O–H groups in total. The lowest BCUT2D eigenvalue weighted by Gasteiger charge is -2.17. The van der Waals surface area contributed by atoms with Crippen molar-refractivity contribution >= 4 is 23.2 Å². The lowest BCUT2D eigenvalue weighted by atomic mass is 10.1. The number of benzene rings is 2. The van der Waals surface area contributed by atoms with Gasteiger partial charge in [-0.3, -0.25) is 9.59 Å². The topological polar surface area (TPSA) is 104 Å². The number of methoxy groups -OCH3 is 5. The maximum absolute atomic E-state index is 12.9. The number of amides is 2. The van der Waals surface area contributed by atoms with E-state index in [1.807, 2.05) is 6.92 Å². The summed E-state index contributed by atoms with van der Waals surface area (Å²) in [7, 11) is 7.37. The van der Waals surface area contributed by atoms with Crippen molar-refractivity contribution in [2.75, 3.05) is 46.2 Å². The SMILES string of the molecule is CCCC(=O)Nc1cc(OC)c(NC(=O)c2cc(OC)c(OC)c(OC)c2)cc1OC. The summed E-state index contributed by atoms with van der Waals surface area (Å²) in [5, 5.41) is 5.58. The minimum atomic E-state index is -0.428. The van der Waals surface area contributed by atoms with Gasteiger partial charge in [-0.1, -0.05) is 6.92 Å². The van der Waals surface area contributed by atoms with Crippen LogP contribution >= 0.6 is 0 Å². The van der Waals surface area contributed by atoms with E-state index in [-0.39, 0.29) is 11.5 Å². The molecular formula is C22H28N2O7. The molecule has 0 aliphatic carbocycles. The van der Waals surface area contributed by atoms with E-state index in [1.54, 1.807) is 24.3 Å². The second kappa shape index (κ2) is 11.0. The molecule has 2 aromatic rings. The van der Waals surface area contributed by atoms with Gasteiger partial charge in [-0.05, 0) is 18.6 Å². The number of nitrogens with one attached hydrogen (secondary N) is 2.